The molecule has 0 fully saturated rings. The Hall–Kier alpha value is -1.43. The van der Waals surface area contributed by atoms with Crippen LogP contribution in [-0.4, -0.2) is 56.4 Å². The number of ether oxygens (including phenoxy) is 1. The van der Waals surface area contributed by atoms with Crippen molar-refractivity contribution in [3.05, 3.63) is 0 Å². The number of nitrogens with one attached hydrogen (secondary N) is 1. The molecule has 0 saturated carbocycles. The van der Waals surface area contributed by atoms with E-state index in [4.69, 9.17) is 4.74 Å². The maximum atomic E-state index is 11.6. The number of rotatable bonds is 9. The van der Waals surface area contributed by atoms with E-state index in [1.54, 1.807) is 32.8 Å². The summed E-state index contributed by atoms with van der Waals surface area (Å²) < 4.78 is 4.75. The fourth-order valence-electron chi connectivity index (χ4n) is 1.72. The van der Waals surface area contributed by atoms with E-state index < -0.39 is 0 Å². The molecule has 6 heteroatoms. The van der Waals surface area contributed by atoms with E-state index in [0.717, 1.165) is 0 Å². The molecular weight excluding hydrogens is 248 g/mol. The van der Waals surface area contributed by atoms with Crippen LogP contribution >= 0.6 is 0 Å². The number of Topliss-reactive ketones (excluding diaryl/α,β-unsaturated/α-hetero) is 1. The first-order valence-electron chi connectivity index (χ1n) is 6.48. The smallest absolute Gasteiger partial charge is 0.306 e. The molecule has 0 aliphatic heterocycles. The maximum absolute atomic E-state index is 11.6. The summed E-state index contributed by atoms with van der Waals surface area (Å²) in [6.45, 7) is 4.61. The first kappa shape index (κ1) is 17.6. The van der Waals surface area contributed by atoms with E-state index in [9.17, 15) is 14.4 Å². The lowest BCUT2D eigenvalue weighted by Gasteiger charge is -2.19. The van der Waals surface area contributed by atoms with E-state index in [-0.39, 0.29) is 43.0 Å². The number of hydrogen-bond donors (Lipinski definition) is 1. The summed E-state index contributed by atoms with van der Waals surface area (Å²) in [5, 5.41) is 2.57. The molecule has 0 aliphatic rings. The highest BCUT2D eigenvalue weighted by atomic mass is 16.5. The van der Waals surface area contributed by atoms with E-state index in [0.29, 0.717) is 13.2 Å². The topological polar surface area (TPSA) is 75.7 Å². The number of hydrogen-bond acceptors (Lipinski definition) is 5. The predicted molar refractivity (Wildman–Crippen MR) is 71.6 cm³/mol. The highest BCUT2D eigenvalue weighted by Gasteiger charge is 2.16. The molecule has 6 nitrogen and oxygen atoms in total. The highest BCUT2D eigenvalue weighted by molar-refractivity contribution is 5.84. The van der Waals surface area contributed by atoms with Crippen LogP contribution in [0.3, 0.4) is 0 Å². The van der Waals surface area contributed by atoms with Crippen LogP contribution in [0, 0.1) is 5.92 Å². The monoisotopic (exact) mass is 272 g/mol. The van der Waals surface area contributed by atoms with Crippen LogP contribution in [-0.2, 0) is 19.1 Å². The van der Waals surface area contributed by atoms with Gasteiger partial charge in [-0.2, -0.15) is 0 Å². The normalized spacial score (nSPS) is 12.1. The first-order valence-corrected chi connectivity index (χ1v) is 6.48. The third-order valence-corrected chi connectivity index (χ3v) is 2.64. The molecule has 0 aliphatic carbocycles. The van der Waals surface area contributed by atoms with Gasteiger partial charge in [-0.15, -0.1) is 0 Å². The van der Waals surface area contributed by atoms with Gasteiger partial charge in [0.1, 0.15) is 5.78 Å². The van der Waals surface area contributed by atoms with Crippen molar-refractivity contribution in [2.75, 3.05) is 33.8 Å². The summed E-state index contributed by atoms with van der Waals surface area (Å²) in [6.07, 6.45) is 0.295. The van der Waals surface area contributed by atoms with E-state index >= 15 is 0 Å². The Morgan fingerprint density at radius 2 is 1.89 bits per heavy atom. The molecule has 1 amide bonds. The SMILES string of the molecule is CCOC(=O)CCC(=O)CN(C)CC(C)C(=O)NC. The number of nitrogens with zero attached hydrogens (tertiary/aromatic N) is 1. The van der Waals surface area contributed by atoms with Crippen molar-refractivity contribution < 1.29 is 19.1 Å². The first-order chi connectivity index (χ1) is 8.90. The van der Waals surface area contributed by atoms with Crippen LogP contribution in [0.4, 0.5) is 0 Å². The Bertz CT molecular complexity index is 318. The second-order valence-corrected chi connectivity index (χ2v) is 4.56. The second kappa shape index (κ2) is 9.49. The van der Waals surface area contributed by atoms with Gasteiger partial charge in [0.2, 0.25) is 5.91 Å². The number of carbonyl (C=O) groups is 3. The van der Waals surface area contributed by atoms with Crippen molar-refractivity contribution in [3.63, 3.8) is 0 Å². The predicted octanol–water partition coefficient (Wildman–Crippen LogP) is 0.213. The van der Waals surface area contributed by atoms with Gasteiger partial charge in [-0.3, -0.25) is 19.3 Å². The number of ketones is 1. The lowest BCUT2D eigenvalue weighted by Crippen LogP contribution is -2.36. The second-order valence-electron chi connectivity index (χ2n) is 4.56. The van der Waals surface area contributed by atoms with Crippen molar-refractivity contribution in [3.8, 4) is 0 Å². The fourth-order valence-corrected chi connectivity index (χ4v) is 1.72. The van der Waals surface area contributed by atoms with Gasteiger partial charge in [0, 0.05) is 25.9 Å². The largest absolute Gasteiger partial charge is 0.466 e. The fraction of sp³-hybridized carbons (Fsp3) is 0.769. The molecule has 1 unspecified atom stereocenters. The van der Waals surface area contributed by atoms with Crippen LogP contribution in [0.15, 0.2) is 0 Å². The van der Waals surface area contributed by atoms with Gasteiger partial charge in [-0.05, 0) is 14.0 Å². The summed E-state index contributed by atoms with van der Waals surface area (Å²) in [4.78, 5) is 35.9. The molecule has 0 heterocycles. The molecule has 0 radical (unpaired) electrons. The molecule has 0 aromatic rings. The lowest BCUT2D eigenvalue weighted by atomic mass is 10.1. The lowest BCUT2D eigenvalue weighted by molar-refractivity contribution is -0.144. The maximum Gasteiger partial charge on any atom is 0.306 e. The standard InChI is InChI=1S/C13H24N2O4/c1-5-19-12(17)7-6-11(16)9-15(4)8-10(2)13(18)14-3/h10H,5-9H2,1-4H3,(H,14,18). The molecule has 0 saturated heterocycles. The summed E-state index contributed by atoms with van der Waals surface area (Å²) in [7, 11) is 3.37. The number of carbonyl (C=O) groups excluding carboxylic acids is 3. The van der Waals surface area contributed by atoms with Gasteiger partial charge in [0.15, 0.2) is 0 Å². The van der Waals surface area contributed by atoms with Crippen molar-refractivity contribution in [2.45, 2.75) is 26.7 Å². The average Bonchev–Trinajstić information content (AvgIpc) is 2.35. The average molecular weight is 272 g/mol. The highest BCUT2D eigenvalue weighted by Crippen LogP contribution is 2.01. The number of esters is 1. The third-order valence-electron chi connectivity index (χ3n) is 2.64. The molecule has 0 spiro atoms. The summed E-state index contributed by atoms with van der Waals surface area (Å²) in [5.74, 6) is -0.601. The molecule has 19 heavy (non-hydrogen) atoms. The van der Waals surface area contributed by atoms with Crippen LogP contribution in [0.2, 0.25) is 0 Å². The zero-order chi connectivity index (χ0) is 14.8. The zero-order valence-electron chi connectivity index (χ0n) is 12.2. The molecule has 0 bridgehead atoms. The van der Waals surface area contributed by atoms with Crippen LogP contribution in [0.25, 0.3) is 0 Å². The van der Waals surface area contributed by atoms with Crippen molar-refractivity contribution >= 4 is 17.7 Å². The molecular formula is C13H24N2O4. The minimum Gasteiger partial charge on any atom is -0.466 e. The third kappa shape index (κ3) is 8.31. The van der Waals surface area contributed by atoms with E-state index in [2.05, 4.69) is 5.32 Å². The van der Waals surface area contributed by atoms with Gasteiger partial charge in [0.25, 0.3) is 0 Å². The Morgan fingerprint density at radius 3 is 2.42 bits per heavy atom. The summed E-state index contributed by atoms with van der Waals surface area (Å²) in [6, 6.07) is 0. The zero-order valence-corrected chi connectivity index (χ0v) is 12.2. The van der Waals surface area contributed by atoms with E-state index in [1.165, 1.54) is 0 Å². The Kier molecular flexibility index (Phi) is 8.78. The molecule has 110 valence electrons. The minimum atomic E-state index is -0.350. The molecule has 0 rings (SSSR count). The van der Waals surface area contributed by atoms with Crippen molar-refractivity contribution in [2.24, 2.45) is 5.92 Å². The quantitative estimate of drug-likeness (QED) is 0.607. The van der Waals surface area contributed by atoms with Crippen molar-refractivity contribution in [1.82, 2.24) is 10.2 Å². The minimum absolute atomic E-state index is 0.0281. The molecule has 0 aromatic carbocycles. The van der Waals surface area contributed by atoms with Gasteiger partial charge >= 0.3 is 5.97 Å². The Labute approximate surface area is 114 Å². The molecule has 1 N–H and O–H groups in total. The number of likely N-dealkylation sites (N-methyl/N-ethyl adjacent to an activating group) is 1. The van der Waals surface area contributed by atoms with Gasteiger partial charge in [-0.25, -0.2) is 0 Å². The Morgan fingerprint density at radius 1 is 1.26 bits per heavy atom. The molecule has 1 atom stereocenters. The van der Waals surface area contributed by atoms with Gasteiger partial charge in [0.05, 0.1) is 19.6 Å². The van der Waals surface area contributed by atoms with Crippen molar-refractivity contribution in [1.29, 1.82) is 0 Å². The van der Waals surface area contributed by atoms with Crippen LogP contribution in [0.1, 0.15) is 26.7 Å². The van der Waals surface area contributed by atoms with Gasteiger partial charge in [-0.1, -0.05) is 6.92 Å². The van der Waals surface area contributed by atoms with E-state index in [1.807, 2.05) is 0 Å². The Balaban J connectivity index is 3.92. The number of amides is 1. The summed E-state index contributed by atoms with van der Waals surface area (Å²) >= 11 is 0. The summed E-state index contributed by atoms with van der Waals surface area (Å²) in [5.41, 5.74) is 0. The van der Waals surface area contributed by atoms with Crippen LogP contribution in [0.5, 0.6) is 0 Å². The van der Waals surface area contributed by atoms with Gasteiger partial charge < -0.3 is 10.1 Å². The molecule has 0 aromatic heterocycles. The van der Waals surface area contributed by atoms with Crippen LogP contribution < -0.4 is 5.32 Å².